The molecule has 22 heavy (non-hydrogen) atoms. The smallest absolute Gasteiger partial charge is 0.248 e. The molecule has 3 nitrogen and oxygen atoms in total. The standard InChI is InChI=1S/C19H21NO2/c1-12(17-15(21)11-14-18(17)19(14,2)3)20-16(22)10-9-13-7-5-4-6-8-13/h4-10,14,18H,11H2,1-3H3,(H,20,22)/b10-9+,17-12-/t14-,18-/m1/s1. The summed E-state index contributed by atoms with van der Waals surface area (Å²) in [4.78, 5) is 24.1. The van der Waals surface area contributed by atoms with Crippen LogP contribution < -0.4 is 5.32 Å². The first kappa shape index (κ1) is 14.8. The molecule has 2 atom stereocenters. The monoisotopic (exact) mass is 295 g/mol. The summed E-state index contributed by atoms with van der Waals surface area (Å²) in [5.74, 6) is 0.780. The molecule has 0 aromatic heterocycles. The second-order valence-corrected chi connectivity index (χ2v) is 6.80. The number of rotatable bonds is 3. The van der Waals surface area contributed by atoms with Crippen LogP contribution >= 0.6 is 0 Å². The third kappa shape index (κ3) is 2.52. The van der Waals surface area contributed by atoms with Crippen molar-refractivity contribution >= 4 is 17.8 Å². The van der Waals surface area contributed by atoms with Crippen LogP contribution in [0.15, 0.2) is 47.7 Å². The fourth-order valence-electron chi connectivity index (χ4n) is 3.65. The van der Waals surface area contributed by atoms with Crippen LogP contribution in [0.5, 0.6) is 0 Å². The third-order valence-electron chi connectivity index (χ3n) is 5.01. The quantitative estimate of drug-likeness (QED) is 0.869. The molecule has 114 valence electrons. The molecule has 0 bridgehead atoms. The maximum Gasteiger partial charge on any atom is 0.248 e. The highest BCUT2D eigenvalue weighted by Gasteiger charge is 2.65. The molecule has 1 aromatic rings. The molecule has 0 heterocycles. The molecule has 2 aliphatic carbocycles. The highest BCUT2D eigenvalue weighted by molar-refractivity contribution is 6.02. The van der Waals surface area contributed by atoms with E-state index in [0.717, 1.165) is 11.1 Å². The predicted molar refractivity (Wildman–Crippen MR) is 86.7 cm³/mol. The summed E-state index contributed by atoms with van der Waals surface area (Å²) < 4.78 is 0. The molecule has 0 radical (unpaired) electrons. The average molecular weight is 295 g/mol. The number of amides is 1. The van der Waals surface area contributed by atoms with E-state index in [2.05, 4.69) is 19.2 Å². The van der Waals surface area contributed by atoms with Crippen LogP contribution in [0.2, 0.25) is 0 Å². The van der Waals surface area contributed by atoms with Gasteiger partial charge in [0.1, 0.15) is 0 Å². The largest absolute Gasteiger partial charge is 0.326 e. The lowest BCUT2D eigenvalue weighted by atomic mass is 9.95. The minimum atomic E-state index is -0.191. The predicted octanol–water partition coefficient (Wildman–Crippen LogP) is 3.34. The average Bonchev–Trinajstić information content (AvgIpc) is 2.84. The lowest BCUT2D eigenvalue weighted by Crippen LogP contribution is -2.23. The number of fused-ring (bicyclic) bond motifs is 1. The van der Waals surface area contributed by atoms with Gasteiger partial charge >= 0.3 is 0 Å². The first-order valence-electron chi connectivity index (χ1n) is 7.69. The summed E-state index contributed by atoms with van der Waals surface area (Å²) in [5, 5.41) is 2.85. The molecule has 0 spiro atoms. The van der Waals surface area contributed by atoms with Crippen molar-refractivity contribution in [1.82, 2.24) is 5.32 Å². The molecule has 2 fully saturated rings. The van der Waals surface area contributed by atoms with Gasteiger partial charge in [0, 0.05) is 23.8 Å². The van der Waals surface area contributed by atoms with Gasteiger partial charge in [-0.2, -0.15) is 0 Å². The number of ketones is 1. The molecule has 1 amide bonds. The van der Waals surface area contributed by atoms with Crippen molar-refractivity contribution < 1.29 is 9.59 Å². The minimum absolute atomic E-state index is 0.191. The van der Waals surface area contributed by atoms with E-state index in [1.54, 1.807) is 6.08 Å². The van der Waals surface area contributed by atoms with Crippen LogP contribution in [0.1, 0.15) is 32.8 Å². The Bertz CT molecular complexity index is 683. The number of Topliss-reactive ketones (excluding diaryl/α,β-unsaturated/α-hetero) is 1. The Morgan fingerprint density at radius 2 is 1.95 bits per heavy atom. The topological polar surface area (TPSA) is 46.2 Å². The normalized spacial score (nSPS) is 27.7. The van der Waals surface area contributed by atoms with Crippen molar-refractivity contribution in [2.24, 2.45) is 17.3 Å². The molecular formula is C19H21NO2. The van der Waals surface area contributed by atoms with Gasteiger partial charge in [-0.05, 0) is 35.8 Å². The fourth-order valence-corrected chi connectivity index (χ4v) is 3.65. The summed E-state index contributed by atoms with van der Waals surface area (Å²) in [7, 11) is 0. The Balaban J connectivity index is 1.70. The molecule has 3 rings (SSSR count). The summed E-state index contributed by atoms with van der Waals surface area (Å²) in [6, 6.07) is 9.67. The number of carbonyl (C=O) groups is 2. The van der Waals surface area contributed by atoms with Gasteiger partial charge in [0.05, 0.1) is 0 Å². The minimum Gasteiger partial charge on any atom is -0.326 e. The number of hydrogen-bond acceptors (Lipinski definition) is 2. The van der Waals surface area contributed by atoms with Gasteiger partial charge in [-0.3, -0.25) is 9.59 Å². The molecule has 0 aliphatic heterocycles. The zero-order valence-corrected chi connectivity index (χ0v) is 13.2. The Labute approximate surface area is 131 Å². The second kappa shape index (κ2) is 5.24. The summed E-state index contributed by atoms with van der Waals surface area (Å²) in [6.07, 6.45) is 3.90. The van der Waals surface area contributed by atoms with Crippen LogP contribution in [-0.4, -0.2) is 11.7 Å². The van der Waals surface area contributed by atoms with E-state index in [1.165, 1.54) is 6.08 Å². The van der Waals surface area contributed by atoms with Crippen molar-refractivity contribution in [3.05, 3.63) is 53.2 Å². The Morgan fingerprint density at radius 1 is 1.27 bits per heavy atom. The number of allylic oxidation sites excluding steroid dienone is 2. The highest BCUT2D eigenvalue weighted by Crippen LogP contribution is 2.68. The molecule has 2 saturated carbocycles. The van der Waals surface area contributed by atoms with E-state index < -0.39 is 0 Å². The maximum absolute atomic E-state index is 12.1. The zero-order chi connectivity index (χ0) is 15.9. The van der Waals surface area contributed by atoms with Crippen molar-refractivity contribution in [3.8, 4) is 0 Å². The molecule has 1 aromatic carbocycles. The molecule has 1 N–H and O–H groups in total. The summed E-state index contributed by atoms with van der Waals surface area (Å²) in [5.41, 5.74) is 2.72. The first-order chi connectivity index (χ1) is 10.4. The van der Waals surface area contributed by atoms with Crippen LogP contribution in [0.3, 0.4) is 0 Å². The fraction of sp³-hybridized carbons (Fsp3) is 0.368. The number of benzene rings is 1. The van der Waals surface area contributed by atoms with Gasteiger partial charge in [-0.25, -0.2) is 0 Å². The first-order valence-corrected chi connectivity index (χ1v) is 7.69. The molecule has 0 unspecified atom stereocenters. The highest BCUT2D eigenvalue weighted by atomic mass is 16.1. The van der Waals surface area contributed by atoms with Crippen LogP contribution in [0.4, 0.5) is 0 Å². The molecule has 3 heteroatoms. The van der Waals surface area contributed by atoms with Gasteiger partial charge in [0.25, 0.3) is 0 Å². The van der Waals surface area contributed by atoms with Crippen molar-refractivity contribution in [3.63, 3.8) is 0 Å². The lowest BCUT2D eigenvalue weighted by molar-refractivity contribution is -0.115. The summed E-state index contributed by atoms with van der Waals surface area (Å²) >= 11 is 0. The van der Waals surface area contributed by atoms with Gasteiger partial charge in [-0.15, -0.1) is 0 Å². The van der Waals surface area contributed by atoms with E-state index in [4.69, 9.17) is 0 Å². The maximum atomic E-state index is 12.1. The van der Waals surface area contributed by atoms with Crippen molar-refractivity contribution in [2.75, 3.05) is 0 Å². The molecular weight excluding hydrogens is 274 g/mol. The van der Waals surface area contributed by atoms with E-state index in [0.29, 0.717) is 24.0 Å². The van der Waals surface area contributed by atoms with Crippen LogP contribution in [-0.2, 0) is 9.59 Å². The number of hydrogen-bond donors (Lipinski definition) is 1. The zero-order valence-electron chi connectivity index (χ0n) is 13.2. The van der Waals surface area contributed by atoms with E-state index in [-0.39, 0.29) is 17.1 Å². The second-order valence-electron chi connectivity index (χ2n) is 6.80. The SMILES string of the molecule is C/C(NC(=O)/C=C/c1ccccc1)=C1\C(=O)C[C@@H]2[C@H]1C2(C)C. The van der Waals surface area contributed by atoms with E-state index in [9.17, 15) is 9.59 Å². The van der Waals surface area contributed by atoms with Gasteiger partial charge in [0.2, 0.25) is 5.91 Å². The van der Waals surface area contributed by atoms with Crippen molar-refractivity contribution in [1.29, 1.82) is 0 Å². The number of carbonyl (C=O) groups excluding carboxylic acids is 2. The van der Waals surface area contributed by atoms with Gasteiger partial charge < -0.3 is 5.32 Å². The Morgan fingerprint density at radius 3 is 2.59 bits per heavy atom. The Kier molecular flexibility index (Phi) is 3.51. The van der Waals surface area contributed by atoms with Gasteiger partial charge in [0.15, 0.2) is 5.78 Å². The molecule has 2 aliphatic rings. The summed E-state index contributed by atoms with van der Waals surface area (Å²) in [6.45, 7) is 6.22. The lowest BCUT2D eigenvalue weighted by Gasteiger charge is -2.13. The van der Waals surface area contributed by atoms with Crippen molar-refractivity contribution in [2.45, 2.75) is 27.2 Å². The third-order valence-corrected chi connectivity index (χ3v) is 5.01. The van der Waals surface area contributed by atoms with Crippen LogP contribution in [0.25, 0.3) is 6.08 Å². The van der Waals surface area contributed by atoms with Gasteiger partial charge in [-0.1, -0.05) is 44.2 Å². The van der Waals surface area contributed by atoms with E-state index >= 15 is 0 Å². The molecule has 0 saturated heterocycles. The van der Waals surface area contributed by atoms with E-state index in [1.807, 2.05) is 37.3 Å². The van der Waals surface area contributed by atoms with Crippen LogP contribution in [0, 0.1) is 17.3 Å². The Hall–Kier alpha value is -2.16. The number of nitrogens with one attached hydrogen (secondary N) is 1.